The maximum absolute atomic E-state index is 13.3. The maximum Gasteiger partial charge on any atom is 0.259 e. The summed E-state index contributed by atoms with van der Waals surface area (Å²) in [6.07, 6.45) is 2.10. The van der Waals surface area contributed by atoms with Crippen LogP contribution in [0.4, 0.5) is 10.1 Å². The summed E-state index contributed by atoms with van der Waals surface area (Å²) in [6, 6.07) is 16.4. The number of hydrogen-bond donors (Lipinski definition) is 1. The molecule has 0 unspecified atom stereocenters. The van der Waals surface area contributed by atoms with Crippen molar-refractivity contribution in [3.63, 3.8) is 0 Å². The van der Waals surface area contributed by atoms with Crippen LogP contribution >= 0.6 is 0 Å². The van der Waals surface area contributed by atoms with Crippen LogP contribution in [0.15, 0.2) is 54.6 Å². The smallest absolute Gasteiger partial charge is 0.259 e. The third-order valence-electron chi connectivity index (χ3n) is 5.71. The Hall–Kier alpha value is -3.47. The number of hydrogen-bond acceptors (Lipinski definition) is 2. The fraction of sp³-hybridized carbons (Fsp3) is 0.167. The van der Waals surface area contributed by atoms with Gasteiger partial charge in [-0.1, -0.05) is 24.3 Å². The summed E-state index contributed by atoms with van der Waals surface area (Å²) in [5.74, 6) is -0.493. The fourth-order valence-corrected chi connectivity index (χ4v) is 4.35. The van der Waals surface area contributed by atoms with E-state index in [1.54, 1.807) is 16.8 Å². The van der Waals surface area contributed by atoms with Crippen molar-refractivity contribution in [1.82, 2.24) is 9.78 Å². The van der Waals surface area contributed by atoms with Crippen LogP contribution < -0.4 is 5.32 Å². The molecular formula is C24H20FN3O. The zero-order valence-electron chi connectivity index (χ0n) is 16.3. The molecule has 1 amide bonds. The molecule has 0 aliphatic heterocycles. The number of carbonyl (C=O) groups is 1. The molecule has 144 valence electrons. The minimum atomic E-state index is -0.305. The normalized spacial score (nSPS) is 12.5. The first kappa shape index (κ1) is 17.6. The van der Waals surface area contributed by atoms with Gasteiger partial charge in [0.05, 0.1) is 22.6 Å². The van der Waals surface area contributed by atoms with Gasteiger partial charge in [0.25, 0.3) is 5.91 Å². The van der Waals surface area contributed by atoms with Crippen molar-refractivity contribution >= 4 is 22.4 Å². The monoisotopic (exact) mass is 385 g/mol. The first-order valence-corrected chi connectivity index (χ1v) is 9.70. The van der Waals surface area contributed by atoms with Crippen molar-refractivity contribution in [2.24, 2.45) is 0 Å². The molecule has 1 aliphatic carbocycles. The summed E-state index contributed by atoms with van der Waals surface area (Å²) in [7, 11) is 0. The molecule has 0 saturated heterocycles. The Morgan fingerprint density at radius 1 is 1.00 bits per heavy atom. The topological polar surface area (TPSA) is 46.9 Å². The standard InChI is InChI=1S/C24H20FN3O/c1-14-22(15(2)28(27-14)19-11-9-18(25)10-12-19)24(29)26-21-13-8-17-7-6-16-4-3-5-20(21)23(16)17/h3-5,8-13H,6-7H2,1-2H3,(H,26,29). The maximum atomic E-state index is 13.3. The number of nitrogens with zero attached hydrogens (tertiary/aromatic N) is 2. The van der Waals surface area contributed by atoms with Gasteiger partial charge in [-0.3, -0.25) is 4.79 Å². The molecule has 0 fully saturated rings. The van der Waals surface area contributed by atoms with Crippen molar-refractivity contribution in [3.8, 4) is 5.69 Å². The highest BCUT2D eigenvalue weighted by Gasteiger charge is 2.22. The first-order valence-electron chi connectivity index (χ1n) is 9.70. The lowest BCUT2D eigenvalue weighted by Gasteiger charge is -2.11. The van der Waals surface area contributed by atoms with Gasteiger partial charge in [-0.15, -0.1) is 0 Å². The minimum absolute atomic E-state index is 0.188. The molecule has 1 N–H and O–H groups in total. The number of nitrogens with one attached hydrogen (secondary N) is 1. The summed E-state index contributed by atoms with van der Waals surface area (Å²) < 4.78 is 14.9. The second kappa shape index (κ2) is 6.55. The van der Waals surface area contributed by atoms with Crippen LogP contribution in [0.2, 0.25) is 0 Å². The minimum Gasteiger partial charge on any atom is -0.321 e. The van der Waals surface area contributed by atoms with E-state index in [1.807, 2.05) is 26.0 Å². The third-order valence-corrected chi connectivity index (χ3v) is 5.71. The lowest BCUT2D eigenvalue weighted by Crippen LogP contribution is -2.14. The number of benzene rings is 3. The number of anilines is 1. The van der Waals surface area contributed by atoms with Crippen LogP contribution in [0.5, 0.6) is 0 Å². The molecule has 0 bridgehead atoms. The van der Waals surface area contributed by atoms with E-state index in [0.717, 1.165) is 35.3 Å². The number of carbonyl (C=O) groups excluding carboxylic acids is 1. The van der Waals surface area contributed by atoms with Gasteiger partial charge in [-0.2, -0.15) is 5.10 Å². The van der Waals surface area contributed by atoms with Gasteiger partial charge in [0.1, 0.15) is 5.82 Å². The van der Waals surface area contributed by atoms with Crippen LogP contribution in [-0.2, 0) is 12.8 Å². The molecule has 0 spiro atoms. The Morgan fingerprint density at radius 3 is 2.48 bits per heavy atom. The van der Waals surface area contributed by atoms with Gasteiger partial charge in [0.15, 0.2) is 0 Å². The predicted molar refractivity (Wildman–Crippen MR) is 112 cm³/mol. The van der Waals surface area contributed by atoms with Crippen molar-refractivity contribution in [2.45, 2.75) is 26.7 Å². The molecule has 3 aromatic carbocycles. The second-order valence-electron chi connectivity index (χ2n) is 7.50. The van der Waals surface area contributed by atoms with Crippen LogP contribution in [0, 0.1) is 19.7 Å². The quantitative estimate of drug-likeness (QED) is 0.531. The molecule has 1 aliphatic rings. The molecule has 1 aromatic heterocycles. The van der Waals surface area contributed by atoms with Gasteiger partial charge in [0, 0.05) is 11.1 Å². The third kappa shape index (κ3) is 2.81. The molecule has 4 nitrogen and oxygen atoms in total. The molecule has 5 rings (SSSR count). The Kier molecular flexibility index (Phi) is 3.98. The zero-order valence-corrected chi connectivity index (χ0v) is 16.3. The van der Waals surface area contributed by atoms with Gasteiger partial charge >= 0.3 is 0 Å². The van der Waals surface area contributed by atoms with Crippen LogP contribution in [0.1, 0.15) is 32.9 Å². The number of aryl methyl sites for hydroxylation is 3. The SMILES string of the molecule is Cc1nn(-c2ccc(F)cc2)c(C)c1C(=O)Nc1ccc2c3c(cccc13)CC2. The summed E-state index contributed by atoms with van der Waals surface area (Å²) in [5.41, 5.74) is 6.10. The van der Waals surface area contributed by atoms with Gasteiger partial charge in [-0.05, 0) is 73.5 Å². The van der Waals surface area contributed by atoms with Crippen molar-refractivity contribution in [3.05, 3.63) is 88.5 Å². The largest absolute Gasteiger partial charge is 0.321 e. The highest BCUT2D eigenvalue weighted by atomic mass is 19.1. The first-order chi connectivity index (χ1) is 14.0. The highest BCUT2D eigenvalue weighted by Crippen LogP contribution is 2.35. The van der Waals surface area contributed by atoms with Crippen molar-refractivity contribution < 1.29 is 9.18 Å². The molecule has 4 aromatic rings. The number of aromatic nitrogens is 2. The zero-order chi connectivity index (χ0) is 20.1. The van der Waals surface area contributed by atoms with Gasteiger partial charge in [0.2, 0.25) is 0 Å². The van der Waals surface area contributed by atoms with E-state index in [1.165, 1.54) is 28.6 Å². The predicted octanol–water partition coefficient (Wildman–Crippen LogP) is 5.13. The number of rotatable bonds is 3. The molecule has 0 atom stereocenters. The van der Waals surface area contributed by atoms with Crippen LogP contribution in [0.25, 0.3) is 16.5 Å². The molecule has 5 heteroatoms. The van der Waals surface area contributed by atoms with E-state index >= 15 is 0 Å². The van der Waals surface area contributed by atoms with Crippen molar-refractivity contribution in [2.75, 3.05) is 5.32 Å². The van der Waals surface area contributed by atoms with Gasteiger partial charge in [-0.25, -0.2) is 9.07 Å². The van der Waals surface area contributed by atoms with E-state index in [4.69, 9.17) is 0 Å². The second-order valence-corrected chi connectivity index (χ2v) is 7.50. The summed E-state index contributed by atoms with van der Waals surface area (Å²) in [4.78, 5) is 13.2. The van der Waals surface area contributed by atoms with Gasteiger partial charge < -0.3 is 5.32 Å². The summed E-state index contributed by atoms with van der Waals surface area (Å²) in [5, 5.41) is 9.93. The molecule has 29 heavy (non-hydrogen) atoms. The lowest BCUT2D eigenvalue weighted by molar-refractivity contribution is 0.102. The Morgan fingerprint density at radius 2 is 1.72 bits per heavy atom. The summed E-state index contributed by atoms with van der Waals surface area (Å²) >= 11 is 0. The Bertz CT molecular complexity index is 1260. The molecule has 0 saturated carbocycles. The van der Waals surface area contributed by atoms with E-state index in [9.17, 15) is 9.18 Å². The molecule has 1 heterocycles. The van der Waals surface area contributed by atoms with E-state index in [-0.39, 0.29) is 11.7 Å². The fourth-order valence-electron chi connectivity index (χ4n) is 4.35. The van der Waals surface area contributed by atoms with E-state index in [0.29, 0.717) is 11.3 Å². The Labute approximate surface area is 168 Å². The number of halogens is 1. The lowest BCUT2D eigenvalue weighted by atomic mass is 10.0. The number of amides is 1. The van der Waals surface area contributed by atoms with E-state index < -0.39 is 0 Å². The average molecular weight is 385 g/mol. The molecular weight excluding hydrogens is 365 g/mol. The highest BCUT2D eigenvalue weighted by molar-refractivity contribution is 6.11. The van der Waals surface area contributed by atoms with Crippen molar-refractivity contribution in [1.29, 1.82) is 0 Å². The van der Waals surface area contributed by atoms with Crippen LogP contribution in [0.3, 0.4) is 0 Å². The van der Waals surface area contributed by atoms with Crippen LogP contribution in [-0.4, -0.2) is 15.7 Å². The van der Waals surface area contributed by atoms with E-state index in [2.05, 4.69) is 28.6 Å². The Balaban J connectivity index is 1.53. The molecule has 0 radical (unpaired) electrons. The summed E-state index contributed by atoms with van der Waals surface area (Å²) in [6.45, 7) is 3.67. The average Bonchev–Trinajstić information content (AvgIpc) is 3.26.